The summed E-state index contributed by atoms with van der Waals surface area (Å²) in [6.45, 7) is 0. The van der Waals surface area contributed by atoms with Crippen LogP contribution in [0.25, 0.3) is 21.5 Å². The van der Waals surface area contributed by atoms with E-state index in [1.165, 1.54) is 0 Å². The van der Waals surface area contributed by atoms with E-state index in [2.05, 4.69) is 0 Å². The van der Waals surface area contributed by atoms with Crippen molar-refractivity contribution in [2.75, 3.05) is 0 Å². The van der Waals surface area contributed by atoms with Gasteiger partial charge in [0.05, 0.1) is 0 Å². The Morgan fingerprint density at radius 1 is 0.615 bits per heavy atom. The SMILES string of the molecule is O=S(=O)(O)C(c1cccc2ccccc12)c1cccc2ccccc12.[CaH2]. The van der Waals surface area contributed by atoms with Gasteiger partial charge < -0.3 is 0 Å². The molecule has 1 N–H and O–H groups in total. The maximum absolute atomic E-state index is 12.4. The molecule has 0 radical (unpaired) electrons. The fraction of sp³-hybridized carbons (Fsp3) is 0.0476. The quantitative estimate of drug-likeness (QED) is 0.424. The Labute approximate surface area is 182 Å². The molecule has 0 aromatic heterocycles. The monoisotopic (exact) mass is 390 g/mol. The van der Waals surface area contributed by atoms with Crippen LogP contribution in [0.3, 0.4) is 0 Å². The normalized spacial score (nSPS) is 11.6. The van der Waals surface area contributed by atoms with Gasteiger partial charge in [-0.05, 0) is 32.7 Å². The minimum absolute atomic E-state index is 0. The molecular formula is C21H18CaO3S. The van der Waals surface area contributed by atoms with Crippen molar-refractivity contribution in [1.82, 2.24) is 0 Å². The molecule has 4 rings (SSSR count). The molecule has 26 heavy (non-hydrogen) atoms. The first-order chi connectivity index (χ1) is 12.1. The van der Waals surface area contributed by atoms with Crippen LogP contribution in [-0.4, -0.2) is 50.7 Å². The van der Waals surface area contributed by atoms with E-state index in [1.807, 2.05) is 72.8 Å². The number of hydrogen-bond acceptors (Lipinski definition) is 2. The molecule has 0 bridgehead atoms. The van der Waals surface area contributed by atoms with E-state index in [0.29, 0.717) is 11.1 Å². The molecular weight excluding hydrogens is 372 g/mol. The summed E-state index contributed by atoms with van der Waals surface area (Å²) in [7, 11) is -4.35. The molecule has 128 valence electrons. The van der Waals surface area contributed by atoms with E-state index in [0.717, 1.165) is 21.5 Å². The Hall–Kier alpha value is -1.43. The van der Waals surface area contributed by atoms with Crippen molar-refractivity contribution in [2.24, 2.45) is 0 Å². The second kappa shape index (κ2) is 7.67. The van der Waals surface area contributed by atoms with E-state index in [9.17, 15) is 13.0 Å². The molecule has 4 aromatic carbocycles. The molecule has 0 saturated heterocycles. The summed E-state index contributed by atoms with van der Waals surface area (Å²) >= 11 is 0. The summed E-state index contributed by atoms with van der Waals surface area (Å²) in [5.74, 6) is 0. The van der Waals surface area contributed by atoms with Crippen LogP contribution in [0.15, 0.2) is 84.9 Å². The van der Waals surface area contributed by atoms with Crippen LogP contribution >= 0.6 is 0 Å². The third-order valence-electron chi connectivity index (χ3n) is 4.51. The van der Waals surface area contributed by atoms with E-state index >= 15 is 0 Å². The molecule has 0 aliphatic heterocycles. The van der Waals surface area contributed by atoms with Gasteiger partial charge in [0, 0.05) is 0 Å². The molecule has 0 atom stereocenters. The fourth-order valence-electron chi connectivity index (χ4n) is 3.45. The molecule has 0 aliphatic carbocycles. The third kappa shape index (κ3) is 3.53. The van der Waals surface area contributed by atoms with Crippen LogP contribution < -0.4 is 0 Å². The summed E-state index contributed by atoms with van der Waals surface area (Å²) < 4.78 is 34.8. The van der Waals surface area contributed by atoms with Gasteiger partial charge in [0.1, 0.15) is 5.25 Å². The van der Waals surface area contributed by atoms with Gasteiger partial charge in [0.15, 0.2) is 0 Å². The molecule has 5 heteroatoms. The minimum atomic E-state index is -4.35. The summed E-state index contributed by atoms with van der Waals surface area (Å²) in [6, 6.07) is 26.2. The Kier molecular flexibility index (Phi) is 5.70. The van der Waals surface area contributed by atoms with Crippen molar-refractivity contribution in [3.05, 3.63) is 96.1 Å². The van der Waals surface area contributed by atoms with Gasteiger partial charge in [0.2, 0.25) is 0 Å². The van der Waals surface area contributed by atoms with Crippen molar-refractivity contribution >= 4 is 69.4 Å². The van der Waals surface area contributed by atoms with E-state index in [1.54, 1.807) is 12.1 Å². The number of benzene rings is 4. The van der Waals surface area contributed by atoms with Crippen molar-refractivity contribution in [3.63, 3.8) is 0 Å². The zero-order valence-corrected chi connectivity index (χ0v) is 14.1. The molecule has 0 heterocycles. The Morgan fingerprint density at radius 2 is 1.00 bits per heavy atom. The van der Waals surface area contributed by atoms with E-state index in [-0.39, 0.29) is 37.7 Å². The summed E-state index contributed by atoms with van der Waals surface area (Å²) in [6.07, 6.45) is 0. The van der Waals surface area contributed by atoms with Gasteiger partial charge in [-0.25, -0.2) is 0 Å². The fourth-order valence-corrected chi connectivity index (χ4v) is 4.50. The van der Waals surface area contributed by atoms with Gasteiger partial charge in [-0.1, -0.05) is 84.9 Å². The Bertz CT molecular complexity index is 1100. The topological polar surface area (TPSA) is 54.4 Å². The summed E-state index contributed by atoms with van der Waals surface area (Å²) in [4.78, 5) is 0. The maximum atomic E-state index is 12.4. The third-order valence-corrected chi connectivity index (χ3v) is 5.61. The summed E-state index contributed by atoms with van der Waals surface area (Å²) in [5, 5.41) is 2.38. The first-order valence-corrected chi connectivity index (χ1v) is 9.47. The van der Waals surface area contributed by atoms with Crippen LogP contribution in [0.2, 0.25) is 0 Å². The molecule has 0 saturated carbocycles. The Balaban J connectivity index is 0.00000196. The molecule has 0 spiro atoms. The Morgan fingerprint density at radius 3 is 1.42 bits per heavy atom. The zero-order chi connectivity index (χ0) is 17.4. The number of rotatable bonds is 3. The average Bonchev–Trinajstić information content (AvgIpc) is 2.61. The van der Waals surface area contributed by atoms with Crippen LogP contribution in [0.5, 0.6) is 0 Å². The number of hydrogen-bond donors (Lipinski definition) is 1. The van der Waals surface area contributed by atoms with Gasteiger partial charge in [-0.15, -0.1) is 0 Å². The molecule has 0 fully saturated rings. The van der Waals surface area contributed by atoms with Crippen LogP contribution in [0.1, 0.15) is 16.4 Å². The van der Waals surface area contributed by atoms with Crippen molar-refractivity contribution in [2.45, 2.75) is 5.25 Å². The van der Waals surface area contributed by atoms with Crippen molar-refractivity contribution in [1.29, 1.82) is 0 Å². The molecule has 0 aliphatic rings. The predicted octanol–water partition coefficient (Wildman–Crippen LogP) is 4.05. The molecule has 0 amide bonds. The van der Waals surface area contributed by atoms with Gasteiger partial charge in [-0.2, -0.15) is 8.42 Å². The molecule has 0 unspecified atom stereocenters. The predicted molar refractivity (Wildman–Crippen MR) is 110 cm³/mol. The number of fused-ring (bicyclic) bond motifs is 2. The van der Waals surface area contributed by atoms with Gasteiger partial charge in [0.25, 0.3) is 10.1 Å². The second-order valence-corrected chi connectivity index (χ2v) is 7.53. The second-order valence-electron chi connectivity index (χ2n) is 6.03. The van der Waals surface area contributed by atoms with Gasteiger partial charge in [-0.3, -0.25) is 4.55 Å². The van der Waals surface area contributed by atoms with Crippen molar-refractivity contribution < 1.29 is 13.0 Å². The van der Waals surface area contributed by atoms with E-state index in [4.69, 9.17) is 0 Å². The van der Waals surface area contributed by atoms with Crippen molar-refractivity contribution in [3.8, 4) is 0 Å². The summed E-state index contributed by atoms with van der Waals surface area (Å²) in [5.41, 5.74) is 1.16. The molecule has 3 nitrogen and oxygen atoms in total. The van der Waals surface area contributed by atoms with Crippen LogP contribution in [0.4, 0.5) is 0 Å². The standard InChI is InChI=1S/C21H16O3S.Ca.2H/c22-25(23,24)21(19-13-5-9-15-7-1-3-11-17(15)19)20-14-6-10-16-8-2-4-12-18(16)20;;;/h1-14,21H,(H,22,23,24);;;. The zero-order valence-electron chi connectivity index (χ0n) is 13.3. The first kappa shape index (κ1) is 19.3. The van der Waals surface area contributed by atoms with Crippen LogP contribution in [0, 0.1) is 0 Å². The van der Waals surface area contributed by atoms with Crippen LogP contribution in [-0.2, 0) is 10.1 Å². The van der Waals surface area contributed by atoms with Gasteiger partial charge >= 0.3 is 37.7 Å². The first-order valence-electron chi connectivity index (χ1n) is 7.97. The average molecular weight is 391 g/mol. The molecule has 4 aromatic rings. The van der Waals surface area contributed by atoms with E-state index < -0.39 is 15.4 Å².